The van der Waals surface area contributed by atoms with Crippen molar-refractivity contribution in [1.29, 1.82) is 0 Å². The Kier molecular flexibility index (Phi) is 5.07. The highest BCUT2D eigenvalue weighted by Crippen LogP contribution is 2.23. The van der Waals surface area contributed by atoms with Crippen LogP contribution in [0.5, 0.6) is 0 Å². The fraction of sp³-hybridized carbons (Fsp3) is 1.00. The zero-order chi connectivity index (χ0) is 11.2. The van der Waals surface area contributed by atoms with Crippen LogP contribution in [0.25, 0.3) is 0 Å². The van der Waals surface area contributed by atoms with Crippen molar-refractivity contribution in [1.82, 2.24) is 5.32 Å². The molecular weight excluding hydrogens is 202 g/mol. The number of rotatable bonds is 5. The summed E-state index contributed by atoms with van der Waals surface area (Å²) in [4.78, 5) is 0. The lowest BCUT2D eigenvalue weighted by molar-refractivity contribution is 0.0999. The smallest absolute Gasteiger partial charge is 0.0588 e. The zero-order valence-corrected chi connectivity index (χ0v) is 10.2. The lowest BCUT2D eigenvalue weighted by Crippen LogP contribution is -2.29. The quantitative estimate of drug-likeness (QED) is 0.702. The third kappa shape index (κ3) is 4.04. The molecule has 3 nitrogen and oxygen atoms in total. The van der Waals surface area contributed by atoms with Crippen LogP contribution < -0.4 is 5.32 Å². The summed E-state index contributed by atoms with van der Waals surface area (Å²) < 4.78 is 5.59. The molecule has 1 saturated heterocycles. The van der Waals surface area contributed by atoms with E-state index in [9.17, 15) is 5.11 Å². The number of hydrogen-bond donors (Lipinski definition) is 2. The third-order valence-electron chi connectivity index (χ3n) is 3.92. The molecule has 2 rings (SSSR count). The van der Waals surface area contributed by atoms with E-state index in [1.165, 1.54) is 25.7 Å². The van der Waals surface area contributed by atoms with E-state index in [1.807, 2.05) is 0 Å². The number of hydrogen-bond acceptors (Lipinski definition) is 3. The molecule has 0 aromatic carbocycles. The molecule has 16 heavy (non-hydrogen) atoms. The molecule has 0 aromatic rings. The lowest BCUT2D eigenvalue weighted by atomic mass is 9.87. The van der Waals surface area contributed by atoms with Crippen molar-refractivity contribution in [3.63, 3.8) is 0 Å². The van der Waals surface area contributed by atoms with Crippen LogP contribution in [0.4, 0.5) is 0 Å². The van der Waals surface area contributed by atoms with E-state index in [0.717, 1.165) is 44.9 Å². The molecule has 0 aromatic heterocycles. The van der Waals surface area contributed by atoms with Gasteiger partial charge in [-0.3, -0.25) is 0 Å². The summed E-state index contributed by atoms with van der Waals surface area (Å²) in [6.45, 7) is 3.17. The molecule has 2 fully saturated rings. The highest BCUT2D eigenvalue weighted by Gasteiger charge is 2.19. The first-order valence-corrected chi connectivity index (χ1v) is 6.85. The van der Waals surface area contributed by atoms with E-state index in [1.54, 1.807) is 0 Å². The first kappa shape index (κ1) is 12.3. The number of aliphatic hydroxyl groups is 1. The lowest BCUT2D eigenvalue weighted by Gasteiger charge is -2.25. The van der Waals surface area contributed by atoms with Crippen molar-refractivity contribution in [2.24, 2.45) is 5.92 Å². The van der Waals surface area contributed by atoms with Gasteiger partial charge in [-0.1, -0.05) is 0 Å². The Hall–Kier alpha value is -0.120. The Morgan fingerprint density at radius 3 is 2.62 bits per heavy atom. The second-order valence-corrected chi connectivity index (χ2v) is 5.30. The largest absolute Gasteiger partial charge is 0.393 e. The maximum atomic E-state index is 9.41. The van der Waals surface area contributed by atoms with E-state index in [-0.39, 0.29) is 6.10 Å². The molecule has 0 bridgehead atoms. The Labute approximate surface area is 98.6 Å². The SMILES string of the molecule is OC1CCC(CNCCC2CCCO2)CC1. The first-order valence-electron chi connectivity index (χ1n) is 6.85. The van der Waals surface area contributed by atoms with Crippen molar-refractivity contribution in [3.05, 3.63) is 0 Å². The van der Waals surface area contributed by atoms with Crippen LogP contribution in [0.2, 0.25) is 0 Å². The van der Waals surface area contributed by atoms with Crippen LogP contribution in [0.3, 0.4) is 0 Å². The van der Waals surface area contributed by atoms with Gasteiger partial charge in [0.05, 0.1) is 12.2 Å². The zero-order valence-electron chi connectivity index (χ0n) is 10.2. The molecular formula is C13H25NO2. The fourth-order valence-electron chi connectivity index (χ4n) is 2.79. The van der Waals surface area contributed by atoms with Crippen LogP contribution in [-0.2, 0) is 4.74 Å². The van der Waals surface area contributed by atoms with Gasteiger partial charge in [0, 0.05) is 6.61 Å². The molecule has 0 radical (unpaired) electrons. The standard InChI is InChI=1S/C13H25NO2/c15-12-5-3-11(4-6-12)10-14-8-7-13-2-1-9-16-13/h11-15H,1-10H2. The predicted octanol–water partition coefficient (Wildman–Crippen LogP) is 1.70. The molecule has 1 saturated carbocycles. The Morgan fingerprint density at radius 1 is 1.12 bits per heavy atom. The minimum Gasteiger partial charge on any atom is -0.393 e. The normalized spacial score (nSPS) is 35.4. The molecule has 1 aliphatic heterocycles. The molecule has 1 heterocycles. The molecule has 0 amide bonds. The topological polar surface area (TPSA) is 41.5 Å². The van der Waals surface area contributed by atoms with Crippen LogP contribution in [-0.4, -0.2) is 37.0 Å². The van der Waals surface area contributed by atoms with Gasteiger partial charge in [-0.15, -0.1) is 0 Å². The number of nitrogens with one attached hydrogen (secondary N) is 1. The van der Waals surface area contributed by atoms with Gasteiger partial charge in [-0.05, 0) is 64.0 Å². The molecule has 3 heteroatoms. The predicted molar refractivity (Wildman–Crippen MR) is 64.4 cm³/mol. The number of ether oxygens (including phenoxy) is 1. The van der Waals surface area contributed by atoms with Gasteiger partial charge in [0.1, 0.15) is 0 Å². The van der Waals surface area contributed by atoms with Crippen LogP contribution in [0.1, 0.15) is 44.9 Å². The van der Waals surface area contributed by atoms with Crippen molar-refractivity contribution in [2.45, 2.75) is 57.2 Å². The van der Waals surface area contributed by atoms with Crippen LogP contribution in [0.15, 0.2) is 0 Å². The summed E-state index contributed by atoms with van der Waals surface area (Å²) in [5.74, 6) is 0.785. The monoisotopic (exact) mass is 227 g/mol. The average Bonchev–Trinajstić information content (AvgIpc) is 2.80. The van der Waals surface area contributed by atoms with Crippen LogP contribution in [0, 0.1) is 5.92 Å². The summed E-state index contributed by atoms with van der Waals surface area (Å²) >= 11 is 0. The van der Waals surface area contributed by atoms with E-state index >= 15 is 0 Å². The molecule has 1 unspecified atom stereocenters. The minimum absolute atomic E-state index is 0.0249. The van der Waals surface area contributed by atoms with Crippen molar-refractivity contribution < 1.29 is 9.84 Å². The molecule has 2 aliphatic rings. The average molecular weight is 227 g/mol. The summed E-state index contributed by atoms with van der Waals surface area (Å²) in [6, 6.07) is 0. The summed E-state index contributed by atoms with van der Waals surface area (Å²) in [5, 5.41) is 12.9. The summed E-state index contributed by atoms with van der Waals surface area (Å²) in [5.41, 5.74) is 0. The summed E-state index contributed by atoms with van der Waals surface area (Å²) in [6.07, 6.45) is 8.51. The van der Waals surface area contributed by atoms with Gasteiger partial charge >= 0.3 is 0 Å². The molecule has 2 N–H and O–H groups in total. The van der Waals surface area contributed by atoms with E-state index < -0.39 is 0 Å². The second kappa shape index (κ2) is 6.58. The third-order valence-corrected chi connectivity index (χ3v) is 3.92. The Morgan fingerprint density at radius 2 is 1.94 bits per heavy atom. The first-order chi connectivity index (χ1) is 7.84. The molecule has 1 aliphatic carbocycles. The van der Waals surface area contributed by atoms with Crippen molar-refractivity contribution in [2.75, 3.05) is 19.7 Å². The van der Waals surface area contributed by atoms with Crippen LogP contribution >= 0.6 is 0 Å². The second-order valence-electron chi connectivity index (χ2n) is 5.30. The maximum Gasteiger partial charge on any atom is 0.0588 e. The highest BCUT2D eigenvalue weighted by atomic mass is 16.5. The fourth-order valence-corrected chi connectivity index (χ4v) is 2.79. The van der Waals surface area contributed by atoms with Crippen molar-refractivity contribution >= 4 is 0 Å². The Bertz CT molecular complexity index is 184. The highest BCUT2D eigenvalue weighted by molar-refractivity contribution is 4.73. The van der Waals surface area contributed by atoms with Gasteiger partial charge in [-0.2, -0.15) is 0 Å². The van der Waals surface area contributed by atoms with Gasteiger partial charge in [0.2, 0.25) is 0 Å². The Balaban J connectivity index is 1.48. The molecule has 1 atom stereocenters. The van der Waals surface area contributed by atoms with Crippen molar-refractivity contribution in [3.8, 4) is 0 Å². The summed E-state index contributed by atoms with van der Waals surface area (Å²) in [7, 11) is 0. The maximum absolute atomic E-state index is 9.41. The number of aliphatic hydroxyl groups excluding tert-OH is 1. The van der Waals surface area contributed by atoms with E-state index in [4.69, 9.17) is 4.74 Å². The van der Waals surface area contributed by atoms with E-state index in [2.05, 4.69) is 5.32 Å². The van der Waals surface area contributed by atoms with E-state index in [0.29, 0.717) is 6.10 Å². The van der Waals surface area contributed by atoms with Gasteiger partial charge in [0.15, 0.2) is 0 Å². The van der Waals surface area contributed by atoms with Gasteiger partial charge in [-0.25, -0.2) is 0 Å². The minimum atomic E-state index is -0.0249. The van der Waals surface area contributed by atoms with Gasteiger partial charge < -0.3 is 15.2 Å². The molecule has 0 spiro atoms. The van der Waals surface area contributed by atoms with Gasteiger partial charge in [0.25, 0.3) is 0 Å². The molecule has 94 valence electrons.